The number of rotatable bonds is 5. The number of aliphatic carboxylic acids is 1. The second kappa shape index (κ2) is 7.35. The molecule has 1 atom stereocenters. The molecule has 2 N–H and O–H groups in total. The number of hydrogen-bond donors (Lipinski definition) is 2. The quantitative estimate of drug-likeness (QED) is 0.883. The van der Waals surface area contributed by atoms with Crippen molar-refractivity contribution in [1.29, 1.82) is 0 Å². The molecule has 0 aliphatic carbocycles. The van der Waals surface area contributed by atoms with Gasteiger partial charge in [-0.3, -0.25) is 4.79 Å². The summed E-state index contributed by atoms with van der Waals surface area (Å²) in [5.74, 6) is -1.01. The molecule has 0 aliphatic rings. The minimum Gasteiger partial charge on any atom is -0.481 e. The molecule has 0 aliphatic heterocycles. The monoisotopic (exact) mass is 314 g/mol. The van der Waals surface area contributed by atoms with E-state index in [1.807, 2.05) is 30.3 Å². The number of aromatic nitrogens is 2. The lowest BCUT2D eigenvalue weighted by atomic mass is 10.2. The number of urea groups is 1. The van der Waals surface area contributed by atoms with Crippen LogP contribution in [0.25, 0.3) is 11.4 Å². The Labute approximate surface area is 134 Å². The van der Waals surface area contributed by atoms with E-state index in [0.717, 1.165) is 5.56 Å². The van der Waals surface area contributed by atoms with E-state index in [2.05, 4.69) is 15.3 Å². The van der Waals surface area contributed by atoms with Gasteiger partial charge in [0.1, 0.15) is 0 Å². The van der Waals surface area contributed by atoms with Gasteiger partial charge in [0.25, 0.3) is 0 Å². The van der Waals surface area contributed by atoms with Gasteiger partial charge >= 0.3 is 12.0 Å². The van der Waals surface area contributed by atoms with Crippen molar-refractivity contribution in [1.82, 2.24) is 14.9 Å². The number of carbonyl (C=O) groups is 2. The summed E-state index contributed by atoms with van der Waals surface area (Å²) >= 11 is 0. The number of carboxylic acid groups (broad SMARTS) is 1. The second-order valence-electron chi connectivity index (χ2n) is 5.21. The predicted molar refractivity (Wildman–Crippen MR) is 85.9 cm³/mol. The summed E-state index contributed by atoms with van der Waals surface area (Å²) in [5.41, 5.74) is 1.34. The first-order chi connectivity index (χ1) is 11.0. The fourth-order valence-electron chi connectivity index (χ4n) is 1.92. The molecule has 1 aromatic heterocycles. The van der Waals surface area contributed by atoms with E-state index < -0.39 is 17.9 Å². The lowest BCUT2D eigenvalue weighted by molar-refractivity contribution is -0.141. The Bertz CT molecular complexity index is 673. The third kappa shape index (κ3) is 4.50. The fraction of sp³-hybridized carbons (Fsp3) is 0.250. The fourth-order valence-corrected chi connectivity index (χ4v) is 1.92. The first-order valence-corrected chi connectivity index (χ1v) is 7.09. The zero-order valence-corrected chi connectivity index (χ0v) is 12.9. The van der Waals surface area contributed by atoms with Crippen LogP contribution in [-0.2, 0) is 4.79 Å². The van der Waals surface area contributed by atoms with Crippen LogP contribution in [-0.4, -0.2) is 45.6 Å². The van der Waals surface area contributed by atoms with Crippen LogP contribution < -0.4 is 5.32 Å². The first kappa shape index (κ1) is 16.4. The number of benzene rings is 1. The number of hydrogen-bond acceptors (Lipinski definition) is 4. The molecule has 2 aromatic rings. The van der Waals surface area contributed by atoms with E-state index in [9.17, 15) is 9.59 Å². The number of amides is 2. The highest BCUT2D eigenvalue weighted by Gasteiger charge is 2.17. The molecular formula is C16H18N4O3. The van der Waals surface area contributed by atoms with Crippen LogP contribution in [0.4, 0.5) is 10.5 Å². The van der Waals surface area contributed by atoms with E-state index >= 15 is 0 Å². The standard InChI is InChI=1S/C16H18N4O3/c1-11(15(21)22)10-20(2)16(23)19-13-8-17-14(18-9-13)12-6-4-3-5-7-12/h3-9,11H,10H2,1-2H3,(H,19,23)(H,21,22). The molecular weight excluding hydrogens is 296 g/mol. The molecule has 7 heteroatoms. The van der Waals surface area contributed by atoms with Gasteiger partial charge in [-0.15, -0.1) is 0 Å². The van der Waals surface area contributed by atoms with Gasteiger partial charge in [-0.25, -0.2) is 14.8 Å². The second-order valence-corrected chi connectivity index (χ2v) is 5.21. The molecule has 0 saturated carbocycles. The van der Waals surface area contributed by atoms with Crippen molar-refractivity contribution >= 4 is 17.7 Å². The van der Waals surface area contributed by atoms with Crippen molar-refractivity contribution < 1.29 is 14.7 Å². The Morgan fingerprint density at radius 2 is 1.83 bits per heavy atom. The summed E-state index contributed by atoms with van der Waals surface area (Å²) in [6.07, 6.45) is 3.03. The van der Waals surface area contributed by atoms with E-state index in [0.29, 0.717) is 11.5 Å². The zero-order valence-electron chi connectivity index (χ0n) is 12.9. The maximum atomic E-state index is 12.0. The highest BCUT2D eigenvalue weighted by atomic mass is 16.4. The van der Waals surface area contributed by atoms with Gasteiger partial charge in [-0.2, -0.15) is 0 Å². The normalized spacial score (nSPS) is 11.6. The van der Waals surface area contributed by atoms with Crippen molar-refractivity contribution in [3.05, 3.63) is 42.7 Å². The van der Waals surface area contributed by atoms with Gasteiger partial charge in [0, 0.05) is 19.2 Å². The largest absolute Gasteiger partial charge is 0.481 e. The molecule has 23 heavy (non-hydrogen) atoms. The van der Waals surface area contributed by atoms with Crippen LogP contribution in [0, 0.1) is 5.92 Å². The van der Waals surface area contributed by atoms with Crippen molar-refractivity contribution in [3.63, 3.8) is 0 Å². The van der Waals surface area contributed by atoms with Crippen LogP contribution in [0.1, 0.15) is 6.92 Å². The van der Waals surface area contributed by atoms with Gasteiger partial charge in [-0.05, 0) is 0 Å². The zero-order chi connectivity index (χ0) is 16.8. The van der Waals surface area contributed by atoms with E-state index in [1.54, 1.807) is 6.92 Å². The maximum absolute atomic E-state index is 12.0. The van der Waals surface area contributed by atoms with Crippen molar-refractivity contribution in [3.8, 4) is 11.4 Å². The third-order valence-electron chi connectivity index (χ3n) is 3.25. The summed E-state index contributed by atoms with van der Waals surface area (Å²) in [6, 6.07) is 9.09. The summed E-state index contributed by atoms with van der Waals surface area (Å²) in [4.78, 5) is 32.5. The summed E-state index contributed by atoms with van der Waals surface area (Å²) in [5, 5.41) is 11.5. The molecule has 120 valence electrons. The molecule has 0 fully saturated rings. The maximum Gasteiger partial charge on any atom is 0.321 e. The molecule has 0 radical (unpaired) electrons. The van der Waals surface area contributed by atoms with Crippen LogP contribution in [0.5, 0.6) is 0 Å². The molecule has 0 spiro atoms. The Balaban J connectivity index is 1.98. The van der Waals surface area contributed by atoms with E-state index in [-0.39, 0.29) is 6.54 Å². The van der Waals surface area contributed by atoms with E-state index in [4.69, 9.17) is 5.11 Å². The van der Waals surface area contributed by atoms with Crippen molar-refractivity contribution in [2.24, 2.45) is 5.92 Å². The lowest BCUT2D eigenvalue weighted by Crippen LogP contribution is -2.36. The Morgan fingerprint density at radius 3 is 2.39 bits per heavy atom. The van der Waals surface area contributed by atoms with E-state index in [1.165, 1.54) is 24.3 Å². The molecule has 0 bridgehead atoms. The number of anilines is 1. The number of carboxylic acids is 1. The average molecular weight is 314 g/mol. The molecule has 1 unspecified atom stereocenters. The van der Waals surface area contributed by atoms with Gasteiger partial charge in [-0.1, -0.05) is 37.3 Å². The molecule has 2 rings (SSSR count). The molecule has 0 saturated heterocycles. The molecule has 1 heterocycles. The average Bonchev–Trinajstić information content (AvgIpc) is 2.56. The smallest absolute Gasteiger partial charge is 0.321 e. The lowest BCUT2D eigenvalue weighted by Gasteiger charge is -2.19. The first-order valence-electron chi connectivity index (χ1n) is 7.09. The summed E-state index contributed by atoms with van der Waals surface area (Å²) in [6.45, 7) is 1.66. The number of nitrogens with one attached hydrogen (secondary N) is 1. The predicted octanol–water partition coefficient (Wildman–Crippen LogP) is 2.33. The van der Waals surface area contributed by atoms with Crippen molar-refractivity contribution in [2.45, 2.75) is 6.92 Å². The van der Waals surface area contributed by atoms with Gasteiger partial charge in [0.15, 0.2) is 5.82 Å². The highest BCUT2D eigenvalue weighted by Crippen LogP contribution is 2.15. The van der Waals surface area contributed by atoms with Crippen LogP contribution in [0.3, 0.4) is 0 Å². The van der Waals surface area contributed by atoms with Crippen LogP contribution in [0.2, 0.25) is 0 Å². The topological polar surface area (TPSA) is 95.4 Å². The van der Waals surface area contributed by atoms with Gasteiger partial charge in [0.2, 0.25) is 0 Å². The highest BCUT2D eigenvalue weighted by molar-refractivity contribution is 5.89. The molecule has 2 amide bonds. The Kier molecular flexibility index (Phi) is 5.24. The number of nitrogens with zero attached hydrogens (tertiary/aromatic N) is 3. The van der Waals surface area contributed by atoms with Crippen LogP contribution >= 0.6 is 0 Å². The Morgan fingerprint density at radius 1 is 1.22 bits per heavy atom. The third-order valence-corrected chi connectivity index (χ3v) is 3.25. The number of carbonyl (C=O) groups excluding carboxylic acids is 1. The molecule has 1 aromatic carbocycles. The SMILES string of the molecule is CC(CN(C)C(=O)Nc1cnc(-c2ccccc2)nc1)C(=O)O. The molecule has 7 nitrogen and oxygen atoms in total. The summed E-state index contributed by atoms with van der Waals surface area (Å²) < 4.78 is 0. The van der Waals surface area contributed by atoms with Crippen molar-refractivity contribution in [2.75, 3.05) is 18.9 Å². The summed E-state index contributed by atoms with van der Waals surface area (Å²) in [7, 11) is 1.54. The Hall–Kier alpha value is -2.96. The minimum absolute atomic E-state index is 0.115. The van der Waals surface area contributed by atoms with Gasteiger partial charge in [0.05, 0.1) is 24.0 Å². The minimum atomic E-state index is -0.944. The van der Waals surface area contributed by atoms with Crippen LogP contribution in [0.15, 0.2) is 42.7 Å². The van der Waals surface area contributed by atoms with Gasteiger partial charge < -0.3 is 15.3 Å².